The zero-order valence-electron chi connectivity index (χ0n) is 9.65. The first kappa shape index (κ1) is 14.0. The van der Waals surface area contributed by atoms with Crippen LogP contribution in [0.2, 0.25) is 0 Å². The smallest absolute Gasteiger partial charge is 0.260 e. The molecular formula is C12H16BrNO3. The lowest BCUT2D eigenvalue weighted by Crippen LogP contribution is -2.37. The minimum Gasteiger partial charge on any atom is -0.481 e. The van der Waals surface area contributed by atoms with Crippen LogP contribution in [0.3, 0.4) is 0 Å². The normalized spacial score (nSPS) is 11.9. The van der Waals surface area contributed by atoms with Gasteiger partial charge in [-0.15, -0.1) is 0 Å². The molecule has 0 saturated carbocycles. The summed E-state index contributed by atoms with van der Waals surface area (Å²) in [5.41, 5.74) is 0. The zero-order chi connectivity index (χ0) is 12.7. The fraction of sp³-hybridized carbons (Fsp3) is 0.417. The van der Waals surface area contributed by atoms with Crippen LogP contribution < -0.4 is 10.1 Å². The molecule has 2 N–H and O–H groups in total. The van der Waals surface area contributed by atoms with Crippen LogP contribution in [0.1, 0.15) is 13.3 Å². The molecule has 94 valence electrons. The molecule has 4 nitrogen and oxygen atoms in total. The number of hydrogen-bond donors (Lipinski definition) is 2. The minimum atomic E-state index is -0.553. The van der Waals surface area contributed by atoms with E-state index in [1.54, 1.807) is 19.1 Å². The van der Waals surface area contributed by atoms with Gasteiger partial charge in [-0.2, -0.15) is 0 Å². The van der Waals surface area contributed by atoms with Gasteiger partial charge in [0.1, 0.15) is 5.75 Å². The largest absolute Gasteiger partial charge is 0.481 e. The van der Waals surface area contributed by atoms with Gasteiger partial charge in [-0.3, -0.25) is 4.79 Å². The Hall–Kier alpha value is -1.07. The average molecular weight is 302 g/mol. The van der Waals surface area contributed by atoms with Crippen LogP contribution in [-0.4, -0.2) is 30.3 Å². The van der Waals surface area contributed by atoms with E-state index in [-0.39, 0.29) is 12.5 Å². The number of benzene rings is 1. The molecule has 1 atom stereocenters. The molecular weight excluding hydrogens is 286 g/mol. The molecule has 1 rings (SSSR count). The molecule has 0 saturated heterocycles. The Kier molecular flexibility index (Phi) is 6.00. The summed E-state index contributed by atoms with van der Waals surface area (Å²) in [6.45, 7) is 2.22. The van der Waals surface area contributed by atoms with E-state index in [1.807, 2.05) is 12.1 Å². The molecule has 0 aliphatic carbocycles. The van der Waals surface area contributed by atoms with Crippen LogP contribution in [0.5, 0.6) is 5.75 Å². The highest BCUT2D eigenvalue weighted by molar-refractivity contribution is 9.10. The fourth-order valence-corrected chi connectivity index (χ4v) is 1.61. The minimum absolute atomic E-state index is 0.0706. The highest BCUT2D eigenvalue weighted by Crippen LogP contribution is 2.18. The van der Waals surface area contributed by atoms with E-state index in [1.165, 1.54) is 0 Å². The molecule has 0 fully saturated rings. The number of aliphatic hydroxyl groups is 1. The average Bonchev–Trinajstić information content (AvgIpc) is 2.29. The number of carbonyl (C=O) groups is 1. The Morgan fingerprint density at radius 1 is 1.59 bits per heavy atom. The molecule has 0 aromatic heterocycles. The van der Waals surface area contributed by atoms with Crippen molar-refractivity contribution in [3.05, 3.63) is 28.7 Å². The lowest BCUT2D eigenvalue weighted by Gasteiger charge is -2.14. The highest BCUT2D eigenvalue weighted by Gasteiger charge is 2.13. The summed E-state index contributed by atoms with van der Waals surface area (Å²) in [6, 6.07) is 7.33. The van der Waals surface area contributed by atoms with Gasteiger partial charge in [-0.1, -0.05) is 22.0 Å². The van der Waals surface area contributed by atoms with E-state index >= 15 is 0 Å². The van der Waals surface area contributed by atoms with Gasteiger partial charge < -0.3 is 15.2 Å². The number of rotatable bonds is 6. The van der Waals surface area contributed by atoms with E-state index in [0.29, 0.717) is 18.7 Å². The third kappa shape index (κ3) is 5.19. The quantitative estimate of drug-likeness (QED) is 0.787. The van der Waals surface area contributed by atoms with E-state index in [9.17, 15) is 4.79 Å². The molecule has 0 aliphatic rings. The maximum atomic E-state index is 11.6. The molecule has 1 amide bonds. The fourth-order valence-electron chi connectivity index (χ4n) is 1.23. The van der Waals surface area contributed by atoms with Crippen molar-refractivity contribution in [3.8, 4) is 5.75 Å². The number of ether oxygens (including phenoxy) is 1. The summed E-state index contributed by atoms with van der Waals surface area (Å²) in [6.07, 6.45) is -0.00185. The van der Waals surface area contributed by atoms with Gasteiger partial charge >= 0.3 is 0 Å². The van der Waals surface area contributed by atoms with Crippen LogP contribution >= 0.6 is 15.9 Å². The van der Waals surface area contributed by atoms with Crippen molar-refractivity contribution in [2.24, 2.45) is 0 Å². The lowest BCUT2D eigenvalue weighted by molar-refractivity contribution is -0.127. The molecule has 0 spiro atoms. The predicted molar refractivity (Wildman–Crippen MR) is 68.9 cm³/mol. The van der Waals surface area contributed by atoms with E-state index in [2.05, 4.69) is 21.2 Å². The van der Waals surface area contributed by atoms with Gasteiger partial charge in [0.15, 0.2) is 6.10 Å². The van der Waals surface area contributed by atoms with E-state index in [4.69, 9.17) is 9.84 Å². The Bertz CT molecular complexity index is 371. The molecule has 17 heavy (non-hydrogen) atoms. The molecule has 1 aromatic rings. The topological polar surface area (TPSA) is 58.6 Å². The predicted octanol–water partition coefficient (Wildman–Crippen LogP) is 1.71. The summed E-state index contributed by atoms with van der Waals surface area (Å²) >= 11 is 3.33. The van der Waals surface area contributed by atoms with Crippen molar-refractivity contribution >= 4 is 21.8 Å². The van der Waals surface area contributed by atoms with Gasteiger partial charge in [0.25, 0.3) is 5.91 Å². The van der Waals surface area contributed by atoms with E-state index < -0.39 is 6.10 Å². The third-order valence-corrected chi connectivity index (χ3v) is 2.61. The van der Waals surface area contributed by atoms with Crippen molar-refractivity contribution in [1.29, 1.82) is 0 Å². The summed E-state index contributed by atoms with van der Waals surface area (Å²) in [5, 5.41) is 11.3. The molecule has 1 unspecified atom stereocenters. The molecule has 1 aromatic carbocycles. The second kappa shape index (κ2) is 7.29. The van der Waals surface area contributed by atoms with Crippen LogP contribution in [0, 0.1) is 0 Å². The van der Waals surface area contributed by atoms with Gasteiger partial charge in [0, 0.05) is 17.6 Å². The molecule has 0 aliphatic heterocycles. The van der Waals surface area contributed by atoms with Crippen molar-refractivity contribution in [2.45, 2.75) is 19.4 Å². The Labute approximate surface area is 109 Å². The van der Waals surface area contributed by atoms with Crippen molar-refractivity contribution in [3.63, 3.8) is 0 Å². The number of halogens is 1. The van der Waals surface area contributed by atoms with E-state index in [0.717, 1.165) is 4.47 Å². The highest BCUT2D eigenvalue weighted by atomic mass is 79.9. The summed E-state index contributed by atoms with van der Waals surface area (Å²) in [7, 11) is 0. The standard InChI is InChI=1S/C12H16BrNO3/c1-9(12(16)14-6-3-7-15)17-11-5-2-4-10(13)8-11/h2,4-5,8-9,15H,3,6-7H2,1H3,(H,14,16). The maximum absolute atomic E-state index is 11.6. The van der Waals surface area contributed by atoms with Crippen LogP contribution in [-0.2, 0) is 4.79 Å². The molecule has 0 bridgehead atoms. The van der Waals surface area contributed by atoms with Crippen LogP contribution in [0.4, 0.5) is 0 Å². The van der Waals surface area contributed by atoms with Gasteiger partial charge in [0.2, 0.25) is 0 Å². The van der Waals surface area contributed by atoms with Crippen molar-refractivity contribution in [2.75, 3.05) is 13.2 Å². The van der Waals surface area contributed by atoms with Gasteiger partial charge in [-0.25, -0.2) is 0 Å². The first-order chi connectivity index (χ1) is 8.13. The number of nitrogens with one attached hydrogen (secondary N) is 1. The van der Waals surface area contributed by atoms with Gasteiger partial charge in [0.05, 0.1) is 0 Å². The Morgan fingerprint density at radius 2 is 2.35 bits per heavy atom. The summed E-state index contributed by atoms with van der Waals surface area (Å²) in [5.74, 6) is 0.461. The molecule has 0 heterocycles. The van der Waals surface area contributed by atoms with Gasteiger partial charge in [-0.05, 0) is 31.5 Å². The zero-order valence-corrected chi connectivity index (χ0v) is 11.2. The van der Waals surface area contributed by atoms with Crippen molar-refractivity contribution in [1.82, 2.24) is 5.32 Å². The Balaban J connectivity index is 2.43. The Morgan fingerprint density at radius 3 is 3.00 bits per heavy atom. The monoisotopic (exact) mass is 301 g/mol. The summed E-state index contributed by atoms with van der Waals surface area (Å²) < 4.78 is 6.39. The molecule has 0 radical (unpaired) electrons. The van der Waals surface area contributed by atoms with Crippen LogP contribution in [0.15, 0.2) is 28.7 Å². The number of carbonyl (C=O) groups excluding carboxylic acids is 1. The maximum Gasteiger partial charge on any atom is 0.260 e. The summed E-state index contributed by atoms with van der Waals surface area (Å²) in [4.78, 5) is 11.6. The number of hydrogen-bond acceptors (Lipinski definition) is 3. The molecule has 5 heteroatoms. The lowest BCUT2D eigenvalue weighted by atomic mass is 10.3. The number of aliphatic hydroxyl groups excluding tert-OH is 1. The first-order valence-electron chi connectivity index (χ1n) is 5.44. The first-order valence-corrected chi connectivity index (χ1v) is 6.23. The van der Waals surface area contributed by atoms with Crippen molar-refractivity contribution < 1.29 is 14.6 Å². The second-order valence-corrected chi connectivity index (χ2v) is 4.50. The third-order valence-electron chi connectivity index (χ3n) is 2.11. The van der Waals surface area contributed by atoms with Crippen LogP contribution in [0.25, 0.3) is 0 Å². The second-order valence-electron chi connectivity index (χ2n) is 3.59. The number of amides is 1. The SMILES string of the molecule is CC(Oc1cccc(Br)c1)C(=O)NCCCO.